The first-order valence-electron chi connectivity index (χ1n) is 10.8. The largest absolute Gasteiger partial charge is 0.497 e. The summed E-state index contributed by atoms with van der Waals surface area (Å²) >= 11 is 0. The average molecular weight is 490 g/mol. The molecule has 8 nitrogen and oxygen atoms in total. The number of carbonyl (C=O) groups is 1. The Balaban J connectivity index is 1.56. The Bertz CT molecular complexity index is 1190. The smallest absolute Gasteiger partial charge is 0.410 e. The van der Waals surface area contributed by atoms with Crippen LogP contribution in [0.5, 0.6) is 17.2 Å². The van der Waals surface area contributed by atoms with Gasteiger partial charge in [0.25, 0.3) is 5.91 Å². The Morgan fingerprint density at radius 2 is 1.77 bits per heavy atom. The Morgan fingerprint density at radius 1 is 1.06 bits per heavy atom. The molecule has 0 aliphatic carbocycles. The number of anilines is 1. The molecule has 1 aliphatic heterocycles. The summed E-state index contributed by atoms with van der Waals surface area (Å²) in [6, 6.07) is 10.8. The predicted molar refractivity (Wildman–Crippen MR) is 122 cm³/mol. The van der Waals surface area contributed by atoms with E-state index < -0.39 is 24.2 Å². The van der Waals surface area contributed by atoms with E-state index in [1.54, 1.807) is 49.6 Å². The normalized spacial score (nSPS) is 17.2. The standard InChI is InChI=1S/C24H25F3N4O4/c1-33-16-7-4-14(5-8-16)13-28-23(32)18-12-22-29-17(11-21(24(25,26)27)31(22)30-18)15-6-9-19(34-2)20(10-15)35-3/h4-10,12,17,21,29H,11,13H2,1-3H3,(H,28,32)/t17-,21-/m1/s1. The highest BCUT2D eigenvalue weighted by molar-refractivity contribution is 5.93. The summed E-state index contributed by atoms with van der Waals surface area (Å²) in [5, 5.41) is 9.75. The van der Waals surface area contributed by atoms with Crippen molar-refractivity contribution in [3.8, 4) is 17.2 Å². The van der Waals surface area contributed by atoms with Crippen molar-refractivity contribution < 1.29 is 32.2 Å². The van der Waals surface area contributed by atoms with Crippen LogP contribution in [0.15, 0.2) is 48.5 Å². The second kappa shape index (κ2) is 9.77. The molecule has 1 amide bonds. The van der Waals surface area contributed by atoms with Crippen LogP contribution in [0.1, 0.15) is 40.1 Å². The maximum atomic E-state index is 14.0. The number of alkyl halides is 3. The van der Waals surface area contributed by atoms with Crippen molar-refractivity contribution in [3.05, 3.63) is 65.4 Å². The number of hydrogen-bond acceptors (Lipinski definition) is 6. The van der Waals surface area contributed by atoms with Gasteiger partial charge < -0.3 is 24.8 Å². The van der Waals surface area contributed by atoms with Crippen molar-refractivity contribution in [1.29, 1.82) is 0 Å². The third kappa shape index (κ3) is 5.13. The zero-order valence-corrected chi connectivity index (χ0v) is 19.3. The van der Waals surface area contributed by atoms with Gasteiger partial charge in [0, 0.05) is 19.0 Å². The van der Waals surface area contributed by atoms with Crippen molar-refractivity contribution >= 4 is 11.7 Å². The molecule has 0 radical (unpaired) electrons. The van der Waals surface area contributed by atoms with Crippen molar-refractivity contribution in [1.82, 2.24) is 15.1 Å². The van der Waals surface area contributed by atoms with E-state index in [0.717, 1.165) is 10.2 Å². The third-order valence-electron chi connectivity index (χ3n) is 5.84. The lowest BCUT2D eigenvalue weighted by molar-refractivity contribution is -0.173. The minimum atomic E-state index is -4.56. The van der Waals surface area contributed by atoms with Crippen LogP contribution in [-0.4, -0.2) is 43.2 Å². The molecule has 1 aromatic heterocycles. The number of halogens is 3. The van der Waals surface area contributed by atoms with Crippen LogP contribution < -0.4 is 24.8 Å². The number of ether oxygens (including phenoxy) is 3. The van der Waals surface area contributed by atoms with Gasteiger partial charge in [-0.15, -0.1) is 0 Å². The van der Waals surface area contributed by atoms with Gasteiger partial charge in [-0.1, -0.05) is 18.2 Å². The lowest BCUT2D eigenvalue weighted by atomic mass is 9.96. The number of carbonyl (C=O) groups excluding carboxylic acids is 1. The third-order valence-corrected chi connectivity index (χ3v) is 5.84. The molecule has 2 aromatic carbocycles. The Kier molecular flexibility index (Phi) is 6.77. The fourth-order valence-electron chi connectivity index (χ4n) is 3.99. The van der Waals surface area contributed by atoms with E-state index in [-0.39, 0.29) is 24.5 Å². The van der Waals surface area contributed by atoms with E-state index in [0.29, 0.717) is 22.8 Å². The van der Waals surface area contributed by atoms with Gasteiger partial charge in [-0.25, -0.2) is 4.68 Å². The summed E-state index contributed by atoms with van der Waals surface area (Å²) in [5.74, 6) is 1.09. The van der Waals surface area contributed by atoms with Gasteiger partial charge in [0.05, 0.1) is 27.4 Å². The number of methoxy groups -OCH3 is 3. The molecular formula is C24H25F3N4O4. The number of aromatic nitrogens is 2. The number of benzene rings is 2. The summed E-state index contributed by atoms with van der Waals surface area (Å²) in [7, 11) is 4.49. The fraction of sp³-hybridized carbons (Fsp3) is 0.333. The van der Waals surface area contributed by atoms with Gasteiger partial charge in [-0.05, 0) is 35.4 Å². The second-order valence-electron chi connectivity index (χ2n) is 7.99. The molecule has 0 fully saturated rings. The molecule has 2 heterocycles. The van der Waals surface area contributed by atoms with Gasteiger partial charge in [0.2, 0.25) is 0 Å². The molecule has 11 heteroatoms. The van der Waals surface area contributed by atoms with Crippen LogP contribution >= 0.6 is 0 Å². The fourth-order valence-corrected chi connectivity index (χ4v) is 3.99. The Morgan fingerprint density at radius 3 is 2.40 bits per heavy atom. The molecular weight excluding hydrogens is 465 g/mol. The van der Waals surface area contributed by atoms with Crippen LogP contribution in [0.4, 0.5) is 19.0 Å². The molecule has 0 saturated carbocycles. The maximum absolute atomic E-state index is 14.0. The maximum Gasteiger partial charge on any atom is 0.410 e. The highest BCUT2D eigenvalue weighted by Crippen LogP contribution is 2.44. The van der Waals surface area contributed by atoms with E-state index in [1.165, 1.54) is 20.3 Å². The van der Waals surface area contributed by atoms with Gasteiger partial charge in [0.1, 0.15) is 11.6 Å². The summed E-state index contributed by atoms with van der Waals surface area (Å²) in [6.07, 6.45) is -4.87. The summed E-state index contributed by atoms with van der Waals surface area (Å²) in [5.41, 5.74) is 1.29. The van der Waals surface area contributed by atoms with E-state index in [1.807, 2.05) is 0 Å². The highest BCUT2D eigenvalue weighted by atomic mass is 19.4. The van der Waals surface area contributed by atoms with Crippen LogP contribution in [0, 0.1) is 0 Å². The van der Waals surface area contributed by atoms with Gasteiger partial charge in [0.15, 0.2) is 23.2 Å². The van der Waals surface area contributed by atoms with E-state index >= 15 is 0 Å². The van der Waals surface area contributed by atoms with Crippen LogP contribution in [0.3, 0.4) is 0 Å². The van der Waals surface area contributed by atoms with Crippen molar-refractivity contribution in [2.24, 2.45) is 0 Å². The van der Waals surface area contributed by atoms with Crippen LogP contribution in [0.25, 0.3) is 0 Å². The molecule has 186 valence electrons. The molecule has 0 unspecified atom stereocenters. The van der Waals surface area contributed by atoms with Gasteiger partial charge in [-0.2, -0.15) is 18.3 Å². The monoisotopic (exact) mass is 490 g/mol. The Hall–Kier alpha value is -3.89. The topological polar surface area (TPSA) is 86.6 Å². The molecule has 35 heavy (non-hydrogen) atoms. The molecule has 0 saturated heterocycles. The first kappa shape index (κ1) is 24.2. The first-order valence-corrected chi connectivity index (χ1v) is 10.8. The van der Waals surface area contributed by atoms with Gasteiger partial charge in [-0.3, -0.25) is 4.79 Å². The molecule has 0 spiro atoms. The first-order chi connectivity index (χ1) is 16.7. The minimum absolute atomic E-state index is 0.105. The van der Waals surface area contributed by atoms with E-state index in [4.69, 9.17) is 14.2 Å². The quantitative estimate of drug-likeness (QED) is 0.507. The summed E-state index contributed by atoms with van der Waals surface area (Å²) in [4.78, 5) is 12.7. The number of rotatable bonds is 7. The number of nitrogens with zero attached hydrogens (tertiary/aromatic N) is 2. The van der Waals surface area contributed by atoms with Crippen molar-refractivity contribution in [3.63, 3.8) is 0 Å². The molecule has 3 aromatic rings. The van der Waals surface area contributed by atoms with Gasteiger partial charge >= 0.3 is 6.18 Å². The van der Waals surface area contributed by atoms with E-state index in [9.17, 15) is 18.0 Å². The number of amides is 1. The highest BCUT2D eigenvalue weighted by Gasteiger charge is 2.47. The number of hydrogen-bond donors (Lipinski definition) is 2. The second-order valence-corrected chi connectivity index (χ2v) is 7.99. The predicted octanol–water partition coefficient (Wildman–Crippen LogP) is 4.50. The number of fused-ring (bicyclic) bond motifs is 1. The summed E-state index contributed by atoms with van der Waals surface area (Å²) < 4.78 is 58.4. The zero-order valence-electron chi connectivity index (χ0n) is 19.3. The summed E-state index contributed by atoms with van der Waals surface area (Å²) in [6.45, 7) is 0.190. The SMILES string of the molecule is COc1ccc(CNC(=O)c2cc3n(n2)[C@@H](C(F)(F)F)C[C@H](c2ccc(OC)c(OC)c2)N3)cc1. The minimum Gasteiger partial charge on any atom is -0.497 e. The van der Waals surface area contributed by atoms with Crippen molar-refractivity contribution in [2.45, 2.75) is 31.2 Å². The van der Waals surface area contributed by atoms with Crippen LogP contribution in [0.2, 0.25) is 0 Å². The van der Waals surface area contributed by atoms with E-state index in [2.05, 4.69) is 15.7 Å². The van der Waals surface area contributed by atoms with Crippen LogP contribution in [-0.2, 0) is 6.54 Å². The number of nitrogens with one attached hydrogen (secondary N) is 2. The molecule has 2 atom stereocenters. The lowest BCUT2D eigenvalue weighted by Crippen LogP contribution is -2.35. The zero-order chi connectivity index (χ0) is 25.2. The molecule has 2 N–H and O–H groups in total. The molecule has 4 rings (SSSR count). The average Bonchev–Trinajstić information content (AvgIpc) is 3.30. The Labute approximate surface area is 200 Å². The molecule has 0 bridgehead atoms. The van der Waals surface area contributed by atoms with Crippen molar-refractivity contribution in [2.75, 3.05) is 26.6 Å². The molecule has 1 aliphatic rings. The lowest BCUT2D eigenvalue weighted by Gasteiger charge is -2.33.